The van der Waals surface area contributed by atoms with Crippen LogP contribution >= 0.6 is 0 Å². The highest BCUT2D eigenvalue weighted by Gasteiger charge is 2.42. The highest BCUT2D eigenvalue weighted by molar-refractivity contribution is 5.96. The first-order chi connectivity index (χ1) is 45.9. The molecule has 2 amide bonds. The van der Waals surface area contributed by atoms with Gasteiger partial charge in [0, 0.05) is 47.6 Å². The SMILES string of the molecule is CC(=O)Nc1cc(C)c(C(OC2CC2)C(=O)O)c(-c2ccc3c(c2)CCCO3)c1C1CC1.COC(=O)C(OC1CC1)c1c(C)cc(N)c(C2CC2)c1-c1ccc2c(c1)CCCO2.COC(=O)C(OC1CC1)c1c(C)cc(NC(C)=O)c(C2CC2)c1-c1ccc2c(c1)CCCO2. The molecule has 6 fully saturated rings. The molecule has 95 heavy (non-hydrogen) atoms. The average Bonchev–Trinajstić information content (AvgIpc) is 1.73. The maximum atomic E-state index is 13.0. The van der Waals surface area contributed by atoms with Gasteiger partial charge in [-0.1, -0.05) is 18.2 Å². The third-order valence-electron chi connectivity index (χ3n) is 19.4. The van der Waals surface area contributed by atoms with Crippen LogP contribution in [0, 0.1) is 20.8 Å². The summed E-state index contributed by atoms with van der Waals surface area (Å²) in [5.74, 6) is 1.91. The Morgan fingerprint density at radius 3 is 1.12 bits per heavy atom. The van der Waals surface area contributed by atoms with E-state index in [9.17, 15) is 29.1 Å². The van der Waals surface area contributed by atoms with Crippen LogP contribution in [0.2, 0.25) is 0 Å². The number of aliphatic carboxylic acids is 1. The zero-order chi connectivity index (χ0) is 66.3. The van der Waals surface area contributed by atoms with E-state index >= 15 is 0 Å². The van der Waals surface area contributed by atoms with Crippen LogP contribution in [0.25, 0.3) is 33.4 Å². The summed E-state index contributed by atoms with van der Waals surface area (Å²) in [6.07, 6.45) is 15.6. The first kappa shape index (κ1) is 65.4. The molecular weight excluding hydrogens is 1200 g/mol. The molecule has 5 N–H and O–H groups in total. The van der Waals surface area contributed by atoms with E-state index in [0.717, 1.165) is 253 Å². The molecule has 0 radical (unpaired) electrons. The van der Waals surface area contributed by atoms with E-state index in [0.29, 0.717) is 23.3 Å². The molecule has 15 rings (SSSR count). The van der Waals surface area contributed by atoms with Gasteiger partial charge in [0.25, 0.3) is 0 Å². The van der Waals surface area contributed by atoms with Crippen LogP contribution in [0.1, 0.15) is 213 Å². The normalized spacial score (nSPS) is 18.5. The van der Waals surface area contributed by atoms with Crippen LogP contribution in [-0.4, -0.2) is 87.2 Å². The Balaban J connectivity index is 0.000000129. The Hall–Kier alpha value is -8.25. The number of amides is 2. The van der Waals surface area contributed by atoms with Gasteiger partial charge in [0.05, 0.1) is 52.4 Å². The number of carbonyl (C=O) groups excluding carboxylic acids is 4. The van der Waals surface area contributed by atoms with Gasteiger partial charge < -0.3 is 59.4 Å². The lowest BCUT2D eigenvalue weighted by molar-refractivity contribution is -0.156. The molecule has 6 saturated carbocycles. The predicted octanol–water partition coefficient (Wildman–Crippen LogP) is 15.2. The van der Waals surface area contributed by atoms with Crippen molar-refractivity contribution in [3.8, 4) is 50.6 Å². The summed E-state index contributed by atoms with van der Waals surface area (Å²) in [5, 5.41) is 16.2. The highest BCUT2D eigenvalue weighted by atomic mass is 16.6. The largest absolute Gasteiger partial charge is 0.493 e. The first-order valence-corrected chi connectivity index (χ1v) is 34.4. The van der Waals surface area contributed by atoms with Crippen molar-refractivity contribution in [3.05, 3.63) is 140 Å². The van der Waals surface area contributed by atoms with Gasteiger partial charge in [0.2, 0.25) is 11.8 Å². The van der Waals surface area contributed by atoms with Crippen LogP contribution in [0.3, 0.4) is 0 Å². The minimum atomic E-state index is -1.03. The standard InChI is InChI=1S/C27H31NO5.C26H29NO5.C25H29NO4/c1-15-13-21(28-16(2)29)24(17-6-7-17)25(19-8-11-22-18(14-19)5-4-12-32-22)23(15)26(27(30)31-3)33-20-9-10-20;1-14-12-20(27-15(2)28)23(16-5-6-16)24(22(14)25(26(29)30)32-19-8-9-19)18-7-10-21-17(13-18)4-3-11-31-21;1-14-12-19(26)22(15-5-6-15)23(17-7-10-20-16(13-17)4-3-11-29-20)21(14)24(25(27)28-2)30-18-8-9-18/h8,11,13-14,17,20,26H,4-7,9-10,12H2,1-3H3,(H,28,29);7,10,12-13,16,19,25H,3-6,8-9,11H2,1-2H3,(H,27,28)(H,29,30);7,10,12-13,15,18,24H,3-6,8-9,11,26H2,1-2H3. The molecule has 9 aliphatic rings. The number of nitrogens with one attached hydrogen (secondary N) is 2. The molecule has 500 valence electrons. The van der Waals surface area contributed by atoms with Crippen molar-refractivity contribution >= 4 is 46.8 Å². The third kappa shape index (κ3) is 14.8. The maximum Gasteiger partial charge on any atom is 0.339 e. The van der Waals surface area contributed by atoms with Crippen LogP contribution < -0.4 is 30.6 Å². The number of methoxy groups -OCH3 is 2. The van der Waals surface area contributed by atoms with E-state index < -0.39 is 24.3 Å². The van der Waals surface area contributed by atoms with Crippen molar-refractivity contribution in [3.63, 3.8) is 0 Å². The molecular formula is C78H89N3O14. The van der Waals surface area contributed by atoms with Gasteiger partial charge in [-0.2, -0.15) is 0 Å². The summed E-state index contributed by atoms with van der Waals surface area (Å²) in [6.45, 7) is 11.2. The predicted molar refractivity (Wildman–Crippen MR) is 362 cm³/mol. The Kier molecular flexibility index (Phi) is 19.2. The summed E-state index contributed by atoms with van der Waals surface area (Å²) in [6, 6.07) is 24.7. The molecule has 3 aliphatic heterocycles. The monoisotopic (exact) mass is 1290 g/mol. The Morgan fingerprint density at radius 2 is 0.789 bits per heavy atom. The molecule has 0 spiro atoms. The van der Waals surface area contributed by atoms with Gasteiger partial charge in [-0.3, -0.25) is 9.59 Å². The zero-order valence-corrected chi connectivity index (χ0v) is 55.8. The molecule has 3 heterocycles. The summed E-state index contributed by atoms with van der Waals surface area (Å²) in [5.41, 5.74) is 26.9. The Labute approximate surface area is 556 Å². The number of benzene rings is 6. The molecule has 0 saturated heterocycles. The van der Waals surface area contributed by atoms with Crippen LogP contribution in [0.5, 0.6) is 17.2 Å². The van der Waals surface area contributed by atoms with Gasteiger partial charge >= 0.3 is 17.9 Å². The summed E-state index contributed by atoms with van der Waals surface area (Å²) in [4.78, 5) is 62.2. The van der Waals surface area contributed by atoms with E-state index in [1.165, 1.54) is 39.2 Å². The van der Waals surface area contributed by atoms with E-state index in [4.69, 9.17) is 43.6 Å². The molecule has 6 aromatic carbocycles. The summed E-state index contributed by atoms with van der Waals surface area (Å²) in [7, 11) is 2.83. The number of aryl methyl sites for hydroxylation is 6. The lowest BCUT2D eigenvalue weighted by Crippen LogP contribution is -2.22. The number of anilines is 3. The molecule has 6 aromatic rings. The van der Waals surface area contributed by atoms with Crippen molar-refractivity contribution in [1.82, 2.24) is 0 Å². The number of carbonyl (C=O) groups is 5. The van der Waals surface area contributed by atoms with E-state index in [1.54, 1.807) is 0 Å². The third-order valence-corrected chi connectivity index (χ3v) is 19.4. The number of fused-ring (bicyclic) bond motifs is 3. The minimum Gasteiger partial charge on any atom is -0.493 e. The second-order valence-electron chi connectivity index (χ2n) is 27.4. The van der Waals surface area contributed by atoms with Gasteiger partial charge in [0.1, 0.15) is 17.2 Å². The van der Waals surface area contributed by atoms with Crippen LogP contribution in [0.4, 0.5) is 17.1 Å². The second-order valence-corrected chi connectivity index (χ2v) is 27.4. The second kappa shape index (κ2) is 27.8. The van der Waals surface area contributed by atoms with Gasteiger partial charge in [-0.25, -0.2) is 14.4 Å². The number of carboxylic acid groups (broad SMARTS) is 1. The summed E-state index contributed by atoms with van der Waals surface area (Å²) < 4.78 is 46.3. The number of hydrogen-bond acceptors (Lipinski definition) is 14. The number of carboxylic acids is 1. The van der Waals surface area contributed by atoms with Gasteiger partial charge in [0.15, 0.2) is 18.3 Å². The van der Waals surface area contributed by atoms with Gasteiger partial charge in [-0.05, 0) is 292 Å². The Morgan fingerprint density at radius 1 is 0.463 bits per heavy atom. The fourth-order valence-electron chi connectivity index (χ4n) is 14.2. The Bertz CT molecular complexity index is 3980. The smallest absolute Gasteiger partial charge is 0.339 e. The maximum absolute atomic E-state index is 13.0. The summed E-state index contributed by atoms with van der Waals surface area (Å²) >= 11 is 0. The molecule has 6 aliphatic carbocycles. The molecule has 3 atom stereocenters. The quantitative estimate of drug-likeness (QED) is 0.0411. The molecule has 0 aromatic heterocycles. The number of esters is 2. The fraction of sp³-hybridized carbons (Fsp3) is 0.474. The number of rotatable bonds is 20. The van der Waals surface area contributed by atoms with E-state index in [1.807, 2.05) is 57.2 Å². The zero-order valence-electron chi connectivity index (χ0n) is 55.8. The van der Waals surface area contributed by atoms with Crippen molar-refractivity contribution in [2.24, 2.45) is 0 Å². The highest BCUT2D eigenvalue weighted by Crippen LogP contribution is 2.56. The van der Waals surface area contributed by atoms with Crippen LogP contribution in [0.15, 0.2) is 72.8 Å². The van der Waals surface area contributed by atoms with Crippen molar-refractivity contribution in [2.75, 3.05) is 50.4 Å². The molecule has 17 heteroatoms. The lowest BCUT2D eigenvalue weighted by Gasteiger charge is -2.27. The number of hydrogen-bond donors (Lipinski definition) is 4. The van der Waals surface area contributed by atoms with Gasteiger partial charge in [-0.15, -0.1) is 0 Å². The lowest BCUT2D eigenvalue weighted by atomic mass is 9.84. The minimum absolute atomic E-state index is 0.000297. The fourth-order valence-corrected chi connectivity index (χ4v) is 14.2. The molecule has 17 nitrogen and oxygen atoms in total. The number of ether oxygens (including phenoxy) is 8. The van der Waals surface area contributed by atoms with Crippen molar-refractivity contribution < 1.29 is 67.0 Å². The first-order valence-electron chi connectivity index (χ1n) is 34.4. The van der Waals surface area contributed by atoms with Crippen molar-refractivity contribution in [2.45, 2.75) is 205 Å². The number of nitrogen functional groups attached to an aromatic ring is 1. The van der Waals surface area contributed by atoms with E-state index in [-0.39, 0.29) is 42.1 Å². The average molecular weight is 1290 g/mol. The molecule has 0 bridgehead atoms. The molecule has 3 unspecified atom stereocenters. The topological polar surface area (TPSA) is 229 Å². The van der Waals surface area contributed by atoms with Crippen molar-refractivity contribution in [1.29, 1.82) is 0 Å². The number of nitrogens with two attached hydrogens (primary N) is 1. The van der Waals surface area contributed by atoms with E-state index in [2.05, 4.69) is 47.0 Å². The van der Waals surface area contributed by atoms with Crippen LogP contribution in [-0.2, 0) is 66.9 Å².